The van der Waals surface area contributed by atoms with Gasteiger partial charge < -0.3 is 4.98 Å². The van der Waals surface area contributed by atoms with Crippen LogP contribution in [0.5, 0.6) is 0 Å². The minimum Gasteiger partial charge on any atom is -0.356 e. The van der Waals surface area contributed by atoms with Gasteiger partial charge in [-0.15, -0.1) is 0 Å². The lowest BCUT2D eigenvalue weighted by molar-refractivity contribution is 0.0842. The van der Waals surface area contributed by atoms with Crippen molar-refractivity contribution >= 4 is 33.5 Å². The molecule has 1 aromatic heterocycles. The first-order valence-corrected chi connectivity index (χ1v) is 8.90. The molecule has 0 unspecified atom stereocenters. The van der Waals surface area contributed by atoms with Crippen LogP contribution in [0.2, 0.25) is 0 Å². The van der Waals surface area contributed by atoms with Gasteiger partial charge >= 0.3 is 0 Å². The van der Waals surface area contributed by atoms with E-state index >= 15 is 0 Å². The summed E-state index contributed by atoms with van der Waals surface area (Å²) in [6, 6.07) is 15.2. The Balaban J connectivity index is 1.76. The van der Waals surface area contributed by atoms with Crippen LogP contribution in [0.15, 0.2) is 65.3 Å². The number of hydrazine groups is 1. The van der Waals surface area contributed by atoms with Crippen molar-refractivity contribution in [2.45, 2.75) is 6.92 Å². The van der Waals surface area contributed by atoms with Gasteiger partial charge in [0.15, 0.2) is 5.78 Å². The molecule has 3 N–H and O–H groups in total. The maximum absolute atomic E-state index is 12.8. The van der Waals surface area contributed by atoms with Gasteiger partial charge in [0.1, 0.15) is 5.69 Å². The Hall–Kier alpha value is -3.19. The molecule has 6 nitrogen and oxygen atoms in total. The summed E-state index contributed by atoms with van der Waals surface area (Å²) >= 11 is 3.23. The van der Waals surface area contributed by atoms with Gasteiger partial charge in [-0.1, -0.05) is 48.0 Å². The fourth-order valence-electron chi connectivity index (χ4n) is 2.49. The van der Waals surface area contributed by atoms with Crippen LogP contribution < -0.4 is 10.9 Å². The van der Waals surface area contributed by atoms with Crippen molar-refractivity contribution in [3.8, 4) is 0 Å². The summed E-state index contributed by atoms with van der Waals surface area (Å²) in [5.74, 6) is -1.35. The third-order valence-corrected chi connectivity index (χ3v) is 4.37. The lowest BCUT2D eigenvalue weighted by atomic mass is 9.97. The third kappa shape index (κ3) is 4.32. The highest BCUT2D eigenvalue weighted by Gasteiger charge is 2.18. The summed E-state index contributed by atoms with van der Waals surface area (Å²) in [7, 11) is 0. The second-order valence-electron chi connectivity index (χ2n) is 5.88. The van der Waals surface area contributed by atoms with E-state index in [1.165, 1.54) is 6.07 Å². The number of carbonyl (C=O) groups is 3. The van der Waals surface area contributed by atoms with Crippen molar-refractivity contribution in [3.05, 3.63) is 93.2 Å². The monoisotopic (exact) mass is 425 g/mol. The molecule has 2 amide bonds. The first-order valence-electron chi connectivity index (χ1n) is 8.10. The lowest BCUT2D eigenvalue weighted by Crippen LogP contribution is -2.42. The number of ketones is 1. The Kier molecular flexibility index (Phi) is 5.52. The molecule has 0 saturated carbocycles. The summed E-state index contributed by atoms with van der Waals surface area (Å²) in [6.45, 7) is 1.93. The van der Waals surface area contributed by atoms with Crippen LogP contribution in [0, 0.1) is 6.92 Å². The van der Waals surface area contributed by atoms with Crippen LogP contribution >= 0.6 is 15.9 Å². The number of nitrogens with one attached hydrogen (secondary N) is 3. The van der Waals surface area contributed by atoms with Gasteiger partial charge in [0.25, 0.3) is 11.8 Å². The zero-order valence-corrected chi connectivity index (χ0v) is 16.0. The molecule has 27 heavy (non-hydrogen) atoms. The Bertz CT molecular complexity index is 1010. The van der Waals surface area contributed by atoms with E-state index in [2.05, 4.69) is 31.8 Å². The van der Waals surface area contributed by atoms with E-state index in [4.69, 9.17) is 0 Å². The molecule has 2 aromatic carbocycles. The van der Waals surface area contributed by atoms with Crippen molar-refractivity contribution < 1.29 is 14.4 Å². The highest BCUT2D eigenvalue weighted by atomic mass is 79.9. The molecular formula is C20H16BrN3O3. The normalized spacial score (nSPS) is 10.3. The van der Waals surface area contributed by atoms with E-state index in [-0.39, 0.29) is 22.6 Å². The van der Waals surface area contributed by atoms with Gasteiger partial charge in [-0.05, 0) is 35.0 Å². The number of amides is 2. The quantitative estimate of drug-likeness (QED) is 0.441. The molecule has 0 radical (unpaired) electrons. The number of halogens is 1. The summed E-state index contributed by atoms with van der Waals surface area (Å²) in [5, 5.41) is 0. The number of H-pyrrole nitrogens is 1. The minimum absolute atomic E-state index is 0.177. The molecule has 0 aliphatic heterocycles. The summed E-state index contributed by atoms with van der Waals surface area (Å²) in [5.41, 5.74) is 6.90. The van der Waals surface area contributed by atoms with Crippen LogP contribution in [0.1, 0.15) is 42.3 Å². The zero-order valence-electron chi connectivity index (χ0n) is 14.4. The molecule has 0 atom stereocenters. The Morgan fingerprint density at radius 3 is 2.15 bits per heavy atom. The number of aryl methyl sites for hydroxylation is 1. The topological polar surface area (TPSA) is 91.1 Å². The fourth-order valence-corrected chi connectivity index (χ4v) is 2.83. The number of aromatic amines is 1. The molecule has 3 aromatic rings. The van der Waals surface area contributed by atoms with Crippen LogP contribution in [0.4, 0.5) is 0 Å². The Morgan fingerprint density at radius 2 is 1.52 bits per heavy atom. The Labute approximate surface area is 164 Å². The van der Waals surface area contributed by atoms with E-state index in [9.17, 15) is 14.4 Å². The van der Waals surface area contributed by atoms with Gasteiger partial charge in [0.2, 0.25) is 0 Å². The van der Waals surface area contributed by atoms with Crippen LogP contribution in [-0.4, -0.2) is 22.6 Å². The van der Waals surface area contributed by atoms with Gasteiger partial charge in [0.05, 0.1) is 5.56 Å². The molecule has 0 aliphatic rings. The number of benzene rings is 2. The molecule has 136 valence electrons. The first-order chi connectivity index (χ1) is 13.0. The maximum Gasteiger partial charge on any atom is 0.286 e. The van der Waals surface area contributed by atoms with Crippen molar-refractivity contribution in [2.24, 2.45) is 0 Å². The fraction of sp³-hybridized carbons (Fsp3) is 0.0500. The summed E-state index contributed by atoms with van der Waals surface area (Å²) in [6.07, 6.45) is 1.60. The number of rotatable bonds is 4. The summed E-state index contributed by atoms with van der Waals surface area (Å²) in [4.78, 5) is 40.0. The van der Waals surface area contributed by atoms with Crippen LogP contribution in [0.25, 0.3) is 0 Å². The third-order valence-electron chi connectivity index (χ3n) is 3.91. The van der Waals surface area contributed by atoms with Crippen molar-refractivity contribution in [1.82, 2.24) is 15.8 Å². The second kappa shape index (κ2) is 8.01. The van der Waals surface area contributed by atoms with Crippen molar-refractivity contribution in [3.63, 3.8) is 0 Å². The number of carbonyl (C=O) groups excluding carboxylic acids is 3. The minimum atomic E-state index is -0.579. The van der Waals surface area contributed by atoms with Gasteiger partial charge in [-0.3, -0.25) is 25.2 Å². The number of aromatic nitrogens is 1. The average Bonchev–Trinajstić information content (AvgIpc) is 3.12. The molecule has 0 spiro atoms. The molecule has 1 heterocycles. The van der Waals surface area contributed by atoms with E-state index in [1.54, 1.807) is 42.6 Å². The molecule has 0 saturated heterocycles. The number of hydrogen-bond acceptors (Lipinski definition) is 3. The van der Waals surface area contributed by atoms with Gasteiger partial charge in [-0.25, -0.2) is 0 Å². The SMILES string of the molecule is Cc1ccc(C(=O)c2ccccc2C(=O)NNC(=O)c2cc(Br)c[nH]2)cc1. The van der Waals surface area contributed by atoms with E-state index in [0.717, 1.165) is 5.56 Å². The van der Waals surface area contributed by atoms with E-state index in [1.807, 2.05) is 19.1 Å². The summed E-state index contributed by atoms with van der Waals surface area (Å²) < 4.78 is 0.716. The largest absolute Gasteiger partial charge is 0.356 e. The second-order valence-corrected chi connectivity index (χ2v) is 6.80. The first kappa shape index (κ1) is 18.6. The molecule has 0 bridgehead atoms. The van der Waals surface area contributed by atoms with E-state index in [0.29, 0.717) is 10.0 Å². The van der Waals surface area contributed by atoms with Crippen molar-refractivity contribution in [1.29, 1.82) is 0 Å². The molecular weight excluding hydrogens is 410 g/mol. The van der Waals surface area contributed by atoms with Gasteiger partial charge in [-0.2, -0.15) is 0 Å². The average molecular weight is 426 g/mol. The highest BCUT2D eigenvalue weighted by molar-refractivity contribution is 9.10. The predicted molar refractivity (Wildman–Crippen MR) is 104 cm³/mol. The number of hydrogen-bond donors (Lipinski definition) is 3. The standard InChI is InChI=1S/C20H16BrN3O3/c1-12-6-8-13(9-7-12)18(25)15-4-2-3-5-16(15)19(26)23-24-20(27)17-10-14(21)11-22-17/h2-11,22H,1H3,(H,23,26)(H,24,27). The maximum atomic E-state index is 12.8. The van der Waals surface area contributed by atoms with Gasteiger partial charge in [0, 0.05) is 21.8 Å². The Morgan fingerprint density at radius 1 is 0.889 bits per heavy atom. The lowest BCUT2D eigenvalue weighted by Gasteiger charge is -2.10. The molecule has 3 rings (SSSR count). The zero-order chi connectivity index (χ0) is 19.4. The predicted octanol–water partition coefficient (Wildman–Crippen LogP) is 3.39. The molecule has 0 fully saturated rings. The molecule has 7 heteroatoms. The van der Waals surface area contributed by atoms with Crippen LogP contribution in [0.3, 0.4) is 0 Å². The van der Waals surface area contributed by atoms with E-state index < -0.39 is 11.8 Å². The molecule has 0 aliphatic carbocycles. The smallest absolute Gasteiger partial charge is 0.286 e. The van der Waals surface area contributed by atoms with Crippen LogP contribution in [-0.2, 0) is 0 Å². The van der Waals surface area contributed by atoms with Crippen molar-refractivity contribution in [2.75, 3.05) is 0 Å². The highest BCUT2D eigenvalue weighted by Crippen LogP contribution is 2.15.